The highest BCUT2D eigenvalue weighted by Crippen LogP contribution is 2.13. The SMILES string of the molecule is CC(C)OCCOCC(O)CNOCC(F)(F)F. The van der Waals surface area contributed by atoms with Crippen LogP contribution in [0.3, 0.4) is 0 Å². The first-order valence-corrected chi connectivity index (χ1v) is 5.60. The number of aliphatic hydroxyl groups is 1. The van der Waals surface area contributed by atoms with Crippen molar-refractivity contribution < 1.29 is 32.6 Å². The molecule has 1 atom stereocenters. The van der Waals surface area contributed by atoms with Crippen LogP contribution in [0.25, 0.3) is 0 Å². The summed E-state index contributed by atoms with van der Waals surface area (Å²) in [4.78, 5) is 4.11. The van der Waals surface area contributed by atoms with E-state index in [1.807, 2.05) is 19.3 Å². The molecule has 0 aromatic heterocycles. The Hall–Kier alpha value is -0.410. The summed E-state index contributed by atoms with van der Waals surface area (Å²) in [5, 5.41) is 9.30. The topological polar surface area (TPSA) is 60.0 Å². The third kappa shape index (κ3) is 13.7. The minimum atomic E-state index is -4.39. The smallest absolute Gasteiger partial charge is 0.389 e. The Bertz CT molecular complexity index is 202. The van der Waals surface area contributed by atoms with Gasteiger partial charge in [-0.25, -0.2) is 0 Å². The molecule has 0 aromatic rings. The van der Waals surface area contributed by atoms with E-state index >= 15 is 0 Å². The largest absolute Gasteiger partial charge is 0.413 e. The molecule has 0 amide bonds. The zero-order valence-electron chi connectivity index (χ0n) is 10.5. The molecule has 18 heavy (non-hydrogen) atoms. The van der Waals surface area contributed by atoms with Gasteiger partial charge in [-0.1, -0.05) is 0 Å². The lowest BCUT2D eigenvalue weighted by Gasteiger charge is -2.13. The van der Waals surface area contributed by atoms with Gasteiger partial charge in [-0.15, -0.1) is 0 Å². The van der Waals surface area contributed by atoms with E-state index in [-0.39, 0.29) is 19.3 Å². The van der Waals surface area contributed by atoms with Crippen molar-refractivity contribution in [3.05, 3.63) is 0 Å². The Kier molecular flexibility index (Phi) is 9.29. The maximum atomic E-state index is 11.7. The highest BCUT2D eigenvalue weighted by atomic mass is 19.4. The van der Waals surface area contributed by atoms with Gasteiger partial charge in [-0.3, -0.25) is 4.84 Å². The normalized spacial score (nSPS) is 14.2. The van der Waals surface area contributed by atoms with Crippen LogP contribution in [0, 0.1) is 0 Å². The second-order valence-corrected chi connectivity index (χ2v) is 3.90. The standard InChI is InChI=1S/C10H20F3NO4/c1-8(2)17-4-3-16-6-9(15)5-14-18-7-10(11,12)13/h8-9,14-15H,3-7H2,1-2H3. The van der Waals surface area contributed by atoms with Crippen LogP contribution in [0.15, 0.2) is 0 Å². The van der Waals surface area contributed by atoms with Gasteiger partial charge >= 0.3 is 6.18 Å². The lowest BCUT2D eigenvalue weighted by atomic mass is 10.4. The fraction of sp³-hybridized carbons (Fsp3) is 1.00. The number of rotatable bonds is 10. The number of aliphatic hydroxyl groups excluding tert-OH is 1. The average Bonchev–Trinajstić information content (AvgIpc) is 2.22. The maximum absolute atomic E-state index is 11.7. The summed E-state index contributed by atoms with van der Waals surface area (Å²) in [5.41, 5.74) is 2.02. The predicted octanol–water partition coefficient (Wildman–Crippen LogP) is 0.872. The second kappa shape index (κ2) is 9.51. The predicted molar refractivity (Wildman–Crippen MR) is 57.9 cm³/mol. The van der Waals surface area contributed by atoms with Gasteiger partial charge in [-0.2, -0.15) is 18.7 Å². The molecule has 0 aliphatic rings. The molecule has 0 aliphatic carbocycles. The molecule has 0 radical (unpaired) electrons. The zero-order chi connectivity index (χ0) is 14.0. The Morgan fingerprint density at radius 3 is 2.44 bits per heavy atom. The van der Waals surface area contributed by atoms with E-state index in [2.05, 4.69) is 4.84 Å². The summed E-state index contributed by atoms with van der Waals surface area (Å²) in [7, 11) is 0. The fourth-order valence-corrected chi connectivity index (χ4v) is 0.909. The number of hydrogen-bond donors (Lipinski definition) is 2. The molecule has 2 N–H and O–H groups in total. The van der Waals surface area contributed by atoms with Crippen LogP contribution in [0.5, 0.6) is 0 Å². The monoisotopic (exact) mass is 275 g/mol. The molecule has 0 saturated heterocycles. The van der Waals surface area contributed by atoms with Gasteiger partial charge < -0.3 is 14.6 Å². The summed E-state index contributed by atoms with van der Waals surface area (Å²) in [6, 6.07) is 0. The lowest BCUT2D eigenvalue weighted by molar-refractivity contribution is -0.191. The van der Waals surface area contributed by atoms with Crippen LogP contribution in [0.1, 0.15) is 13.8 Å². The van der Waals surface area contributed by atoms with Crippen molar-refractivity contribution in [1.82, 2.24) is 5.48 Å². The third-order valence-electron chi connectivity index (χ3n) is 1.65. The Morgan fingerprint density at radius 1 is 1.22 bits per heavy atom. The van der Waals surface area contributed by atoms with Crippen molar-refractivity contribution in [3.63, 3.8) is 0 Å². The molecule has 0 fully saturated rings. The Labute approximate surface area is 104 Å². The van der Waals surface area contributed by atoms with Gasteiger partial charge in [0.2, 0.25) is 0 Å². The number of hydrogen-bond acceptors (Lipinski definition) is 5. The molecule has 0 saturated carbocycles. The van der Waals surface area contributed by atoms with Crippen LogP contribution in [0.4, 0.5) is 13.2 Å². The third-order valence-corrected chi connectivity index (χ3v) is 1.65. The highest BCUT2D eigenvalue weighted by Gasteiger charge is 2.27. The van der Waals surface area contributed by atoms with Crippen molar-refractivity contribution in [1.29, 1.82) is 0 Å². The first-order valence-electron chi connectivity index (χ1n) is 5.60. The number of ether oxygens (including phenoxy) is 2. The summed E-state index contributed by atoms with van der Waals surface area (Å²) >= 11 is 0. The average molecular weight is 275 g/mol. The number of hydroxylamine groups is 1. The molecule has 0 aliphatic heterocycles. The maximum Gasteiger partial charge on any atom is 0.413 e. The number of alkyl halides is 3. The van der Waals surface area contributed by atoms with Gasteiger partial charge in [0, 0.05) is 6.54 Å². The molecule has 110 valence electrons. The quantitative estimate of drug-likeness (QED) is 0.458. The number of nitrogens with one attached hydrogen (secondary N) is 1. The molecule has 0 aromatic carbocycles. The molecule has 0 spiro atoms. The van der Waals surface area contributed by atoms with Crippen LogP contribution in [0.2, 0.25) is 0 Å². The van der Waals surface area contributed by atoms with Crippen LogP contribution < -0.4 is 5.48 Å². The van der Waals surface area contributed by atoms with Gasteiger partial charge in [0.25, 0.3) is 0 Å². The molecular weight excluding hydrogens is 255 g/mol. The molecule has 5 nitrogen and oxygen atoms in total. The summed E-state index contributed by atoms with van der Waals surface area (Å²) in [5.74, 6) is 0. The van der Waals surface area contributed by atoms with Gasteiger partial charge in [0.15, 0.2) is 6.61 Å². The molecular formula is C10H20F3NO4. The molecule has 1 unspecified atom stereocenters. The van der Waals surface area contributed by atoms with E-state index < -0.39 is 18.9 Å². The van der Waals surface area contributed by atoms with E-state index in [9.17, 15) is 18.3 Å². The van der Waals surface area contributed by atoms with Crippen molar-refractivity contribution in [2.45, 2.75) is 32.2 Å². The van der Waals surface area contributed by atoms with Crippen molar-refractivity contribution in [2.75, 3.05) is 33.0 Å². The lowest BCUT2D eigenvalue weighted by Crippen LogP contribution is -2.33. The van der Waals surface area contributed by atoms with Crippen molar-refractivity contribution in [3.8, 4) is 0 Å². The minimum absolute atomic E-state index is 0.00380. The van der Waals surface area contributed by atoms with Crippen LogP contribution >= 0.6 is 0 Å². The Morgan fingerprint density at radius 2 is 1.89 bits per heavy atom. The fourth-order valence-electron chi connectivity index (χ4n) is 0.909. The van der Waals surface area contributed by atoms with Crippen LogP contribution in [-0.2, 0) is 14.3 Å². The van der Waals surface area contributed by atoms with E-state index in [1.54, 1.807) is 0 Å². The van der Waals surface area contributed by atoms with E-state index in [4.69, 9.17) is 9.47 Å². The summed E-state index contributed by atoms with van der Waals surface area (Å²) in [6.07, 6.45) is -5.21. The van der Waals surface area contributed by atoms with Crippen molar-refractivity contribution in [2.24, 2.45) is 0 Å². The van der Waals surface area contributed by atoms with Gasteiger partial charge in [-0.05, 0) is 13.8 Å². The minimum Gasteiger partial charge on any atom is -0.389 e. The first-order chi connectivity index (χ1) is 8.31. The van der Waals surface area contributed by atoms with Gasteiger partial charge in [0.1, 0.15) is 0 Å². The van der Waals surface area contributed by atoms with E-state index in [1.165, 1.54) is 0 Å². The molecule has 8 heteroatoms. The Balaban J connectivity index is 3.30. The molecule has 0 rings (SSSR count). The number of halogens is 3. The van der Waals surface area contributed by atoms with Crippen molar-refractivity contribution >= 4 is 0 Å². The second-order valence-electron chi connectivity index (χ2n) is 3.90. The highest BCUT2D eigenvalue weighted by molar-refractivity contribution is 4.54. The van der Waals surface area contributed by atoms with E-state index in [0.29, 0.717) is 13.2 Å². The zero-order valence-corrected chi connectivity index (χ0v) is 10.5. The molecule has 0 bridgehead atoms. The summed E-state index contributed by atoms with van der Waals surface area (Å²) < 4.78 is 45.2. The molecule has 0 heterocycles. The van der Waals surface area contributed by atoms with E-state index in [0.717, 1.165) is 0 Å². The van der Waals surface area contributed by atoms with Gasteiger partial charge in [0.05, 0.1) is 32.0 Å². The van der Waals surface area contributed by atoms with Crippen LogP contribution in [-0.4, -0.2) is 56.5 Å². The first kappa shape index (κ1) is 17.6. The summed E-state index contributed by atoms with van der Waals surface area (Å²) in [6.45, 7) is 2.96.